The fourth-order valence-electron chi connectivity index (χ4n) is 1.68. The molecule has 0 bridgehead atoms. The van der Waals surface area contributed by atoms with E-state index in [1.54, 1.807) is 17.5 Å². The van der Waals surface area contributed by atoms with E-state index in [2.05, 4.69) is 0 Å². The molecule has 1 saturated heterocycles. The van der Waals surface area contributed by atoms with E-state index in [0.717, 1.165) is 6.42 Å². The van der Waals surface area contributed by atoms with Gasteiger partial charge in [-0.2, -0.15) is 4.31 Å². The van der Waals surface area contributed by atoms with Crippen LogP contribution in [0.25, 0.3) is 0 Å². The van der Waals surface area contributed by atoms with Gasteiger partial charge < -0.3 is 5.11 Å². The monoisotopic (exact) mass is 247 g/mol. The van der Waals surface area contributed by atoms with Crippen LogP contribution in [0.15, 0.2) is 21.7 Å². The standard InChI is InChI=1S/C9H13NO3S2/c11-8-3-1-5-10(7-8)15(12,13)9-4-2-6-14-9/h2,4,6,8,11H,1,3,5,7H2/t8-/m1/s1. The minimum absolute atomic E-state index is 0.222. The minimum atomic E-state index is -3.36. The Morgan fingerprint density at radius 1 is 1.53 bits per heavy atom. The topological polar surface area (TPSA) is 57.6 Å². The van der Waals surface area contributed by atoms with E-state index in [9.17, 15) is 13.5 Å². The van der Waals surface area contributed by atoms with Crippen molar-refractivity contribution in [3.05, 3.63) is 17.5 Å². The van der Waals surface area contributed by atoms with Gasteiger partial charge in [0.25, 0.3) is 10.0 Å². The second-order valence-corrected chi connectivity index (χ2v) is 6.70. The van der Waals surface area contributed by atoms with Gasteiger partial charge in [-0.25, -0.2) is 8.42 Å². The molecule has 1 aromatic rings. The number of hydrogen-bond acceptors (Lipinski definition) is 4. The number of nitrogens with zero attached hydrogens (tertiary/aromatic N) is 1. The van der Waals surface area contributed by atoms with Crippen molar-refractivity contribution in [1.29, 1.82) is 0 Å². The minimum Gasteiger partial charge on any atom is -0.392 e. The van der Waals surface area contributed by atoms with E-state index in [0.29, 0.717) is 17.2 Å². The first-order chi connectivity index (χ1) is 7.10. The van der Waals surface area contributed by atoms with Crippen LogP contribution < -0.4 is 0 Å². The van der Waals surface area contributed by atoms with E-state index in [4.69, 9.17) is 0 Å². The first-order valence-electron chi connectivity index (χ1n) is 4.82. The molecule has 0 amide bonds. The van der Waals surface area contributed by atoms with Crippen LogP contribution in [-0.4, -0.2) is 37.0 Å². The van der Waals surface area contributed by atoms with Crippen molar-refractivity contribution in [2.45, 2.75) is 23.2 Å². The zero-order valence-electron chi connectivity index (χ0n) is 8.17. The molecule has 1 aliphatic rings. The van der Waals surface area contributed by atoms with Crippen molar-refractivity contribution in [1.82, 2.24) is 4.31 Å². The van der Waals surface area contributed by atoms with Crippen LogP contribution in [0.3, 0.4) is 0 Å². The van der Waals surface area contributed by atoms with Gasteiger partial charge in [-0.3, -0.25) is 0 Å². The van der Waals surface area contributed by atoms with E-state index in [-0.39, 0.29) is 6.54 Å². The number of aliphatic hydroxyl groups is 1. The molecule has 0 radical (unpaired) electrons. The Kier molecular flexibility index (Phi) is 3.11. The van der Waals surface area contributed by atoms with Gasteiger partial charge in [0.15, 0.2) is 0 Å². The van der Waals surface area contributed by atoms with Crippen LogP contribution in [0, 0.1) is 0 Å². The maximum atomic E-state index is 12.0. The average Bonchev–Trinajstić information content (AvgIpc) is 2.71. The Balaban J connectivity index is 2.22. The summed E-state index contributed by atoms with van der Waals surface area (Å²) in [6.07, 6.45) is 0.899. The molecule has 0 saturated carbocycles. The molecule has 0 aromatic carbocycles. The van der Waals surface area contributed by atoms with Gasteiger partial charge in [0, 0.05) is 13.1 Å². The predicted molar refractivity (Wildman–Crippen MR) is 58.3 cm³/mol. The molecule has 1 fully saturated rings. The normalized spacial score (nSPS) is 24.2. The maximum Gasteiger partial charge on any atom is 0.252 e. The second kappa shape index (κ2) is 4.21. The molecule has 2 rings (SSSR count). The van der Waals surface area contributed by atoms with Crippen molar-refractivity contribution in [3.8, 4) is 0 Å². The highest BCUT2D eigenvalue weighted by atomic mass is 32.2. The lowest BCUT2D eigenvalue weighted by molar-refractivity contribution is 0.108. The molecule has 4 nitrogen and oxygen atoms in total. The highest BCUT2D eigenvalue weighted by Crippen LogP contribution is 2.23. The fourth-order valence-corrected chi connectivity index (χ4v) is 4.34. The second-order valence-electron chi connectivity index (χ2n) is 3.59. The van der Waals surface area contributed by atoms with Gasteiger partial charge in [-0.1, -0.05) is 6.07 Å². The van der Waals surface area contributed by atoms with Crippen LogP contribution in [-0.2, 0) is 10.0 Å². The van der Waals surface area contributed by atoms with Gasteiger partial charge in [-0.15, -0.1) is 11.3 Å². The first-order valence-corrected chi connectivity index (χ1v) is 7.14. The molecule has 1 atom stereocenters. The molecule has 0 unspecified atom stereocenters. The Labute approximate surface area is 93.2 Å². The molecular formula is C9H13NO3S2. The highest BCUT2D eigenvalue weighted by Gasteiger charge is 2.29. The van der Waals surface area contributed by atoms with E-state index in [1.165, 1.54) is 15.6 Å². The Bertz CT molecular complexity index is 413. The Morgan fingerprint density at radius 3 is 2.93 bits per heavy atom. The highest BCUT2D eigenvalue weighted by molar-refractivity contribution is 7.91. The Hall–Kier alpha value is -0.430. The summed E-state index contributed by atoms with van der Waals surface area (Å²) in [5.41, 5.74) is 0. The molecule has 2 heterocycles. The van der Waals surface area contributed by atoms with Crippen LogP contribution in [0.1, 0.15) is 12.8 Å². The molecule has 6 heteroatoms. The zero-order chi connectivity index (χ0) is 10.9. The molecule has 1 aliphatic heterocycles. The van der Waals surface area contributed by atoms with Crippen LogP contribution in [0.4, 0.5) is 0 Å². The number of piperidine rings is 1. The summed E-state index contributed by atoms with van der Waals surface area (Å²) < 4.78 is 25.8. The number of β-amino-alcohol motifs (C(OH)–C–C–N with tert-alkyl or cyclic N) is 1. The summed E-state index contributed by atoms with van der Waals surface area (Å²) in [7, 11) is -3.36. The van der Waals surface area contributed by atoms with Gasteiger partial charge in [0.2, 0.25) is 0 Å². The largest absolute Gasteiger partial charge is 0.392 e. The third kappa shape index (κ3) is 2.23. The number of hydrogen-bond donors (Lipinski definition) is 1. The lowest BCUT2D eigenvalue weighted by Gasteiger charge is -2.28. The summed E-state index contributed by atoms with van der Waals surface area (Å²) in [5.74, 6) is 0. The number of sulfonamides is 1. The van der Waals surface area contributed by atoms with Crippen LogP contribution in [0.2, 0.25) is 0 Å². The maximum absolute atomic E-state index is 12.0. The SMILES string of the molecule is O=S(=O)(c1cccs1)N1CCC[C@@H](O)C1. The first kappa shape index (κ1) is 11.1. The summed E-state index contributed by atoms with van der Waals surface area (Å²) in [6.45, 7) is 0.734. The number of aliphatic hydroxyl groups excluding tert-OH is 1. The quantitative estimate of drug-likeness (QED) is 0.844. The molecule has 1 N–H and O–H groups in total. The van der Waals surface area contributed by atoms with Gasteiger partial charge in [0.05, 0.1) is 6.10 Å². The summed E-state index contributed by atoms with van der Waals surface area (Å²) in [4.78, 5) is 0. The van der Waals surface area contributed by atoms with Gasteiger partial charge in [-0.05, 0) is 24.3 Å². The van der Waals surface area contributed by atoms with Crippen molar-refractivity contribution in [2.24, 2.45) is 0 Å². The molecule has 0 aliphatic carbocycles. The lowest BCUT2D eigenvalue weighted by atomic mass is 10.1. The molecular weight excluding hydrogens is 234 g/mol. The van der Waals surface area contributed by atoms with Crippen molar-refractivity contribution in [2.75, 3.05) is 13.1 Å². The summed E-state index contributed by atoms with van der Waals surface area (Å²) in [6, 6.07) is 3.32. The van der Waals surface area contributed by atoms with Crippen LogP contribution in [0.5, 0.6) is 0 Å². The van der Waals surface area contributed by atoms with Gasteiger partial charge >= 0.3 is 0 Å². The smallest absolute Gasteiger partial charge is 0.252 e. The van der Waals surface area contributed by atoms with Crippen LogP contribution >= 0.6 is 11.3 Å². The zero-order valence-corrected chi connectivity index (χ0v) is 9.80. The molecule has 84 valence electrons. The summed E-state index contributed by atoms with van der Waals surface area (Å²) in [5, 5.41) is 11.2. The van der Waals surface area contributed by atoms with Gasteiger partial charge in [0.1, 0.15) is 4.21 Å². The van der Waals surface area contributed by atoms with E-state index in [1.807, 2.05) is 0 Å². The summed E-state index contributed by atoms with van der Waals surface area (Å²) >= 11 is 1.21. The van der Waals surface area contributed by atoms with E-state index >= 15 is 0 Å². The number of thiophene rings is 1. The molecule has 1 aromatic heterocycles. The fraction of sp³-hybridized carbons (Fsp3) is 0.556. The molecule has 15 heavy (non-hydrogen) atoms. The average molecular weight is 247 g/mol. The van der Waals surface area contributed by atoms with Crippen molar-refractivity contribution < 1.29 is 13.5 Å². The van der Waals surface area contributed by atoms with Crippen molar-refractivity contribution in [3.63, 3.8) is 0 Å². The molecule has 0 spiro atoms. The lowest BCUT2D eigenvalue weighted by Crippen LogP contribution is -2.41. The Morgan fingerprint density at radius 2 is 2.33 bits per heavy atom. The predicted octanol–water partition coefficient (Wildman–Crippen LogP) is 0.894. The third-order valence-corrected chi connectivity index (χ3v) is 5.69. The number of rotatable bonds is 2. The van der Waals surface area contributed by atoms with Crippen molar-refractivity contribution >= 4 is 21.4 Å². The van der Waals surface area contributed by atoms with E-state index < -0.39 is 16.1 Å². The third-order valence-electron chi connectivity index (χ3n) is 2.45.